The standard InChI is InChI=1S/C16H20F2O4/c1-9(2)13-6-15(22-16(13)20)14(19)8-21-7-10-3-11(17)5-12(18)4-10/h3-5,9,13-15,19H,6-8H2,1-2H3. The van der Waals surface area contributed by atoms with E-state index < -0.39 is 23.8 Å². The lowest BCUT2D eigenvalue weighted by atomic mass is 9.91. The van der Waals surface area contributed by atoms with Crippen LogP contribution in [0.2, 0.25) is 0 Å². The topological polar surface area (TPSA) is 55.8 Å². The summed E-state index contributed by atoms with van der Waals surface area (Å²) < 4.78 is 36.4. The van der Waals surface area contributed by atoms with E-state index in [1.807, 2.05) is 13.8 Å². The third kappa shape index (κ3) is 4.24. The molecule has 0 spiro atoms. The zero-order chi connectivity index (χ0) is 16.3. The van der Waals surface area contributed by atoms with Gasteiger partial charge >= 0.3 is 5.97 Å². The summed E-state index contributed by atoms with van der Waals surface area (Å²) in [5, 5.41) is 10.0. The molecule has 22 heavy (non-hydrogen) atoms. The van der Waals surface area contributed by atoms with Gasteiger partial charge in [0, 0.05) is 12.5 Å². The maximum atomic E-state index is 13.0. The molecule has 1 N–H and O–H groups in total. The molecule has 0 saturated carbocycles. The normalized spacial score (nSPS) is 22.9. The van der Waals surface area contributed by atoms with E-state index in [2.05, 4.69) is 0 Å². The van der Waals surface area contributed by atoms with Crippen molar-refractivity contribution in [2.24, 2.45) is 11.8 Å². The van der Waals surface area contributed by atoms with Crippen molar-refractivity contribution in [3.63, 3.8) is 0 Å². The Balaban J connectivity index is 1.81. The molecule has 0 aromatic heterocycles. The van der Waals surface area contributed by atoms with Crippen LogP contribution in [0.15, 0.2) is 18.2 Å². The molecule has 0 aliphatic carbocycles. The molecule has 1 saturated heterocycles. The van der Waals surface area contributed by atoms with Crippen LogP contribution in [0.1, 0.15) is 25.8 Å². The molecule has 0 bridgehead atoms. The van der Waals surface area contributed by atoms with Gasteiger partial charge in [-0.3, -0.25) is 4.79 Å². The summed E-state index contributed by atoms with van der Waals surface area (Å²) in [7, 11) is 0. The van der Waals surface area contributed by atoms with Gasteiger partial charge in [-0.2, -0.15) is 0 Å². The Labute approximate surface area is 128 Å². The summed E-state index contributed by atoms with van der Waals surface area (Å²) in [5.41, 5.74) is 0.341. The van der Waals surface area contributed by atoms with Crippen LogP contribution >= 0.6 is 0 Å². The van der Waals surface area contributed by atoms with Crippen LogP contribution in [0.3, 0.4) is 0 Å². The molecular formula is C16H20F2O4. The molecule has 2 rings (SSSR count). The molecular weight excluding hydrogens is 294 g/mol. The van der Waals surface area contributed by atoms with E-state index in [0.29, 0.717) is 12.0 Å². The van der Waals surface area contributed by atoms with E-state index in [-0.39, 0.29) is 31.0 Å². The largest absolute Gasteiger partial charge is 0.459 e. The minimum absolute atomic E-state index is 0.0278. The van der Waals surface area contributed by atoms with E-state index in [1.165, 1.54) is 12.1 Å². The van der Waals surface area contributed by atoms with Crippen molar-refractivity contribution in [2.75, 3.05) is 6.61 Å². The van der Waals surface area contributed by atoms with E-state index >= 15 is 0 Å². The number of halogens is 2. The first-order chi connectivity index (χ1) is 10.4. The van der Waals surface area contributed by atoms with E-state index in [1.54, 1.807) is 0 Å². The molecule has 122 valence electrons. The van der Waals surface area contributed by atoms with E-state index in [0.717, 1.165) is 6.07 Å². The van der Waals surface area contributed by atoms with Gasteiger partial charge in [0.05, 0.1) is 19.1 Å². The maximum absolute atomic E-state index is 13.0. The highest BCUT2D eigenvalue weighted by Gasteiger charge is 2.39. The Hall–Kier alpha value is -1.53. The van der Waals surface area contributed by atoms with Gasteiger partial charge in [-0.1, -0.05) is 13.8 Å². The predicted molar refractivity (Wildman–Crippen MR) is 74.8 cm³/mol. The van der Waals surface area contributed by atoms with Gasteiger partial charge in [0.25, 0.3) is 0 Å². The van der Waals surface area contributed by atoms with Gasteiger partial charge in [-0.05, 0) is 23.6 Å². The lowest BCUT2D eigenvalue weighted by molar-refractivity contribution is -0.150. The summed E-state index contributed by atoms with van der Waals surface area (Å²) in [6, 6.07) is 3.11. The van der Waals surface area contributed by atoms with Gasteiger partial charge in [-0.15, -0.1) is 0 Å². The molecule has 1 heterocycles. The molecule has 1 aromatic carbocycles. The first-order valence-electron chi connectivity index (χ1n) is 7.28. The fourth-order valence-corrected chi connectivity index (χ4v) is 2.51. The number of esters is 1. The molecule has 1 aliphatic rings. The quantitative estimate of drug-likeness (QED) is 0.819. The number of hydrogen-bond acceptors (Lipinski definition) is 4. The Bertz CT molecular complexity index is 513. The number of cyclic esters (lactones) is 1. The highest BCUT2D eigenvalue weighted by molar-refractivity contribution is 5.75. The first-order valence-corrected chi connectivity index (χ1v) is 7.28. The Kier molecular flexibility index (Phi) is 5.47. The van der Waals surface area contributed by atoms with Gasteiger partial charge in [0.1, 0.15) is 23.8 Å². The number of carbonyl (C=O) groups is 1. The van der Waals surface area contributed by atoms with Crippen LogP contribution < -0.4 is 0 Å². The molecule has 0 radical (unpaired) electrons. The highest BCUT2D eigenvalue weighted by atomic mass is 19.1. The zero-order valence-corrected chi connectivity index (χ0v) is 12.6. The molecule has 3 atom stereocenters. The number of aliphatic hydroxyl groups is 1. The van der Waals surface area contributed by atoms with Gasteiger partial charge in [0.15, 0.2) is 0 Å². The number of rotatable bonds is 6. The molecule has 3 unspecified atom stereocenters. The lowest BCUT2D eigenvalue weighted by Gasteiger charge is -2.17. The molecule has 1 aliphatic heterocycles. The van der Waals surface area contributed by atoms with Crippen molar-refractivity contribution in [1.29, 1.82) is 0 Å². The second-order valence-electron chi connectivity index (χ2n) is 5.92. The molecule has 6 heteroatoms. The minimum Gasteiger partial charge on any atom is -0.459 e. The van der Waals surface area contributed by atoms with E-state index in [9.17, 15) is 18.7 Å². The fourth-order valence-electron chi connectivity index (χ4n) is 2.51. The molecule has 1 fully saturated rings. The maximum Gasteiger partial charge on any atom is 0.309 e. The zero-order valence-electron chi connectivity index (χ0n) is 12.6. The summed E-state index contributed by atoms with van der Waals surface area (Å²) in [6.07, 6.45) is -1.09. The second kappa shape index (κ2) is 7.15. The fraction of sp³-hybridized carbons (Fsp3) is 0.562. The second-order valence-corrected chi connectivity index (χ2v) is 5.92. The van der Waals surface area contributed by atoms with Gasteiger partial charge < -0.3 is 14.6 Å². The van der Waals surface area contributed by atoms with Gasteiger partial charge in [-0.25, -0.2) is 8.78 Å². The average Bonchev–Trinajstić information content (AvgIpc) is 2.80. The van der Waals surface area contributed by atoms with Crippen LogP contribution in [-0.4, -0.2) is 29.9 Å². The summed E-state index contributed by atoms with van der Waals surface area (Å²) in [4.78, 5) is 11.6. The Morgan fingerprint density at radius 3 is 2.50 bits per heavy atom. The number of carbonyl (C=O) groups excluding carboxylic acids is 1. The molecule has 0 amide bonds. The van der Waals surface area contributed by atoms with Crippen molar-refractivity contribution in [3.8, 4) is 0 Å². The third-order valence-electron chi connectivity index (χ3n) is 3.77. The van der Waals surface area contributed by atoms with Crippen LogP contribution in [-0.2, 0) is 20.9 Å². The summed E-state index contributed by atoms with van der Waals surface area (Å²) in [6.45, 7) is 3.76. The van der Waals surface area contributed by atoms with E-state index in [4.69, 9.17) is 9.47 Å². The number of ether oxygens (including phenoxy) is 2. The smallest absolute Gasteiger partial charge is 0.309 e. The molecule has 4 nitrogen and oxygen atoms in total. The monoisotopic (exact) mass is 314 g/mol. The highest BCUT2D eigenvalue weighted by Crippen LogP contribution is 2.29. The Morgan fingerprint density at radius 1 is 1.32 bits per heavy atom. The van der Waals surface area contributed by atoms with Crippen molar-refractivity contribution < 1.29 is 28.2 Å². The number of hydrogen-bond donors (Lipinski definition) is 1. The van der Waals surface area contributed by atoms with Crippen molar-refractivity contribution >= 4 is 5.97 Å². The summed E-state index contributed by atoms with van der Waals surface area (Å²) in [5.74, 6) is -1.71. The SMILES string of the molecule is CC(C)C1CC(C(O)COCc2cc(F)cc(F)c2)OC1=O. The summed E-state index contributed by atoms with van der Waals surface area (Å²) >= 11 is 0. The predicted octanol–water partition coefficient (Wildman–Crippen LogP) is 2.43. The van der Waals surface area contributed by atoms with Crippen molar-refractivity contribution in [3.05, 3.63) is 35.4 Å². The van der Waals surface area contributed by atoms with Crippen LogP contribution in [0, 0.1) is 23.5 Å². The van der Waals surface area contributed by atoms with Crippen molar-refractivity contribution in [1.82, 2.24) is 0 Å². The minimum atomic E-state index is -0.953. The van der Waals surface area contributed by atoms with Crippen LogP contribution in [0.4, 0.5) is 8.78 Å². The number of benzene rings is 1. The van der Waals surface area contributed by atoms with Crippen molar-refractivity contribution in [2.45, 2.75) is 39.1 Å². The van der Waals surface area contributed by atoms with Crippen LogP contribution in [0.25, 0.3) is 0 Å². The first kappa shape index (κ1) is 16.8. The Morgan fingerprint density at radius 2 is 1.95 bits per heavy atom. The van der Waals surface area contributed by atoms with Crippen LogP contribution in [0.5, 0.6) is 0 Å². The average molecular weight is 314 g/mol. The number of aliphatic hydroxyl groups excluding tert-OH is 1. The third-order valence-corrected chi connectivity index (χ3v) is 3.77. The lowest BCUT2D eigenvalue weighted by Crippen LogP contribution is -2.30. The van der Waals surface area contributed by atoms with Gasteiger partial charge in [0.2, 0.25) is 0 Å². The molecule has 1 aromatic rings.